The Morgan fingerprint density at radius 2 is 2.00 bits per heavy atom. The molecule has 0 fully saturated rings. The fourth-order valence-corrected chi connectivity index (χ4v) is 3.30. The van der Waals surface area contributed by atoms with Crippen LogP contribution in [0.4, 0.5) is 0 Å². The minimum Gasteiger partial charge on any atom is -0.207 e. The van der Waals surface area contributed by atoms with Gasteiger partial charge in [0, 0.05) is 26.6 Å². The van der Waals surface area contributed by atoms with Gasteiger partial charge in [0.2, 0.25) is 0 Å². The van der Waals surface area contributed by atoms with Crippen molar-refractivity contribution in [1.82, 2.24) is 0 Å². The zero-order chi connectivity index (χ0) is 10.1. The highest BCUT2D eigenvalue weighted by Gasteiger charge is 2.16. The number of hydrogen-bond acceptors (Lipinski definition) is 2. The first-order chi connectivity index (χ1) is 5.96. The van der Waals surface area contributed by atoms with E-state index in [4.69, 9.17) is 22.3 Å². The number of benzene rings is 1. The normalized spacial score (nSPS) is 11.6. The lowest BCUT2D eigenvalue weighted by molar-refractivity contribution is 0.609. The van der Waals surface area contributed by atoms with E-state index in [1.807, 2.05) is 0 Å². The maximum atomic E-state index is 11.1. The zero-order valence-electron chi connectivity index (χ0n) is 6.30. The van der Waals surface area contributed by atoms with Crippen molar-refractivity contribution in [2.45, 2.75) is 10.2 Å². The van der Waals surface area contributed by atoms with Crippen molar-refractivity contribution < 1.29 is 8.42 Å². The molecule has 1 rings (SSSR count). The summed E-state index contributed by atoms with van der Waals surface area (Å²) in [7, 11) is 1.50. The Bertz CT molecular complexity index is 417. The molecule has 1 aromatic carbocycles. The highest BCUT2D eigenvalue weighted by Crippen LogP contribution is 2.28. The number of hydrogen-bond donors (Lipinski definition) is 0. The molecule has 0 bridgehead atoms. The second-order valence-electron chi connectivity index (χ2n) is 2.29. The lowest BCUT2D eigenvalue weighted by Gasteiger charge is -2.04. The highest BCUT2D eigenvalue weighted by atomic mass is 79.9. The number of halogens is 3. The topological polar surface area (TPSA) is 34.1 Å². The standard InChI is InChI=1S/C7H5BrCl2O2S/c8-4-5-6(9)2-1-3-7(5)13(10,11)12/h1-3H,4H2. The second-order valence-corrected chi connectivity index (χ2v) is 5.79. The van der Waals surface area contributed by atoms with Gasteiger partial charge in [-0.05, 0) is 12.1 Å². The lowest BCUT2D eigenvalue weighted by atomic mass is 10.2. The number of rotatable bonds is 2. The van der Waals surface area contributed by atoms with E-state index >= 15 is 0 Å². The Kier molecular flexibility index (Phi) is 3.63. The molecule has 72 valence electrons. The minimum atomic E-state index is -3.71. The van der Waals surface area contributed by atoms with Crippen LogP contribution in [0.1, 0.15) is 5.56 Å². The van der Waals surface area contributed by atoms with Crippen LogP contribution in [0.25, 0.3) is 0 Å². The molecule has 2 nitrogen and oxygen atoms in total. The molecule has 0 amide bonds. The molecule has 0 N–H and O–H groups in total. The summed E-state index contributed by atoms with van der Waals surface area (Å²) in [5.41, 5.74) is 0.485. The van der Waals surface area contributed by atoms with Crippen LogP contribution in [0.15, 0.2) is 23.1 Å². The molecule has 0 radical (unpaired) electrons. The molecule has 0 aliphatic heterocycles. The third kappa shape index (κ3) is 2.59. The maximum Gasteiger partial charge on any atom is 0.261 e. The average Bonchev–Trinajstić information content (AvgIpc) is 2.02. The van der Waals surface area contributed by atoms with Gasteiger partial charge >= 0.3 is 0 Å². The lowest BCUT2D eigenvalue weighted by Crippen LogP contribution is -1.96. The SMILES string of the molecule is O=S(=O)(Cl)c1cccc(Cl)c1CBr. The molecule has 6 heteroatoms. The van der Waals surface area contributed by atoms with Crippen LogP contribution in [0.5, 0.6) is 0 Å². The predicted octanol–water partition coefficient (Wildman–Crippen LogP) is 3.16. The molecule has 0 aliphatic rings. The Morgan fingerprint density at radius 3 is 2.38 bits per heavy atom. The van der Waals surface area contributed by atoms with Crippen LogP contribution in [-0.2, 0) is 14.4 Å². The smallest absolute Gasteiger partial charge is 0.207 e. The Hall–Kier alpha value is 0.230. The molecule has 0 heterocycles. The molecule has 1 aromatic rings. The van der Waals surface area contributed by atoms with Crippen LogP contribution in [0.3, 0.4) is 0 Å². The van der Waals surface area contributed by atoms with Crippen LogP contribution in [0, 0.1) is 0 Å². The summed E-state index contributed by atoms with van der Waals surface area (Å²) in [6, 6.07) is 4.58. The summed E-state index contributed by atoms with van der Waals surface area (Å²) in [4.78, 5) is 0.0542. The first kappa shape index (κ1) is 11.3. The summed E-state index contributed by atoms with van der Waals surface area (Å²) in [6.07, 6.45) is 0. The van der Waals surface area contributed by atoms with Crippen LogP contribution < -0.4 is 0 Å². The summed E-state index contributed by atoms with van der Waals surface area (Å²) in [6.45, 7) is 0. The van der Waals surface area contributed by atoms with E-state index in [-0.39, 0.29) is 4.90 Å². The van der Waals surface area contributed by atoms with E-state index in [9.17, 15) is 8.42 Å². The van der Waals surface area contributed by atoms with Crippen molar-refractivity contribution in [1.29, 1.82) is 0 Å². The van der Waals surface area contributed by atoms with Crippen molar-refractivity contribution in [2.75, 3.05) is 0 Å². The molecule has 0 atom stereocenters. The molecular formula is C7H5BrCl2O2S. The van der Waals surface area contributed by atoms with Crippen molar-refractivity contribution >= 4 is 47.3 Å². The molecule has 0 aromatic heterocycles. The van der Waals surface area contributed by atoms with Gasteiger partial charge in [-0.2, -0.15) is 0 Å². The first-order valence-corrected chi connectivity index (χ1v) is 7.05. The Labute approximate surface area is 94.4 Å². The van der Waals surface area contributed by atoms with Gasteiger partial charge in [-0.1, -0.05) is 33.6 Å². The summed E-state index contributed by atoms with van der Waals surface area (Å²) >= 11 is 8.93. The quantitative estimate of drug-likeness (QED) is 0.621. The van der Waals surface area contributed by atoms with Gasteiger partial charge in [-0.25, -0.2) is 8.42 Å². The van der Waals surface area contributed by atoms with Gasteiger partial charge in [-0.3, -0.25) is 0 Å². The van der Waals surface area contributed by atoms with E-state index in [1.165, 1.54) is 6.07 Å². The molecular weight excluding hydrogens is 299 g/mol. The molecule has 13 heavy (non-hydrogen) atoms. The van der Waals surface area contributed by atoms with E-state index < -0.39 is 9.05 Å². The monoisotopic (exact) mass is 302 g/mol. The van der Waals surface area contributed by atoms with Gasteiger partial charge in [-0.15, -0.1) is 0 Å². The van der Waals surface area contributed by atoms with E-state index in [2.05, 4.69) is 15.9 Å². The summed E-state index contributed by atoms with van der Waals surface area (Å²) in [5, 5.41) is 0.743. The molecule has 0 spiro atoms. The van der Waals surface area contributed by atoms with Gasteiger partial charge in [0.05, 0.1) is 4.90 Å². The number of alkyl halides is 1. The zero-order valence-corrected chi connectivity index (χ0v) is 10.2. The van der Waals surface area contributed by atoms with Gasteiger partial charge < -0.3 is 0 Å². The molecule has 0 unspecified atom stereocenters. The maximum absolute atomic E-state index is 11.1. The van der Waals surface area contributed by atoms with Crippen LogP contribution in [-0.4, -0.2) is 8.42 Å². The summed E-state index contributed by atoms with van der Waals surface area (Å²) in [5.74, 6) is 0. The third-order valence-corrected chi connectivity index (χ3v) is 3.79. The van der Waals surface area contributed by atoms with Crippen LogP contribution in [0.2, 0.25) is 5.02 Å². The predicted molar refractivity (Wildman–Crippen MR) is 57.1 cm³/mol. The second kappa shape index (κ2) is 4.17. The fourth-order valence-electron chi connectivity index (χ4n) is 0.897. The molecule has 0 saturated carbocycles. The largest absolute Gasteiger partial charge is 0.261 e. The Balaban J connectivity index is 3.47. The van der Waals surface area contributed by atoms with Gasteiger partial charge in [0.1, 0.15) is 0 Å². The first-order valence-electron chi connectivity index (χ1n) is 3.25. The third-order valence-electron chi connectivity index (χ3n) is 1.47. The van der Waals surface area contributed by atoms with E-state index in [0.717, 1.165) is 0 Å². The van der Waals surface area contributed by atoms with Gasteiger partial charge in [0.15, 0.2) is 0 Å². The molecule has 0 aliphatic carbocycles. The highest BCUT2D eigenvalue weighted by molar-refractivity contribution is 9.08. The fraction of sp³-hybridized carbons (Fsp3) is 0.143. The van der Waals surface area contributed by atoms with Gasteiger partial charge in [0.25, 0.3) is 9.05 Å². The van der Waals surface area contributed by atoms with Crippen molar-refractivity contribution in [2.24, 2.45) is 0 Å². The van der Waals surface area contributed by atoms with Crippen molar-refractivity contribution in [3.8, 4) is 0 Å². The molecule has 0 saturated heterocycles. The average molecular weight is 304 g/mol. The summed E-state index contributed by atoms with van der Waals surface area (Å²) < 4.78 is 22.1. The van der Waals surface area contributed by atoms with E-state index in [1.54, 1.807) is 12.1 Å². The van der Waals surface area contributed by atoms with E-state index in [0.29, 0.717) is 15.9 Å². The Morgan fingerprint density at radius 1 is 1.38 bits per heavy atom. The van der Waals surface area contributed by atoms with Crippen LogP contribution >= 0.6 is 38.2 Å². The minimum absolute atomic E-state index is 0.0542. The van der Waals surface area contributed by atoms with Crippen molar-refractivity contribution in [3.05, 3.63) is 28.8 Å². The van der Waals surface area contributed by atoms with Crippen molar-refractivity contribution in [3.63, 3.8) is 0 Å².